The number of carbonyl (C=O) groups is 1. The quantitative estimate of drug-likeness (QED) is 0.577. The molecule has 2 aromatic rings. The van der Waals surface area contributed by atoms with Gasteiger partial charge in [0, 0.05) is 30.6 Å². The average Bonchev–Trinajstić information content (AvgIpc) is 2.66. The Kier molecular flexibility index (Phi) is 8.43. The molecular formula is C19H23BrN2O4S. The first kappa shape index (κ1) is 21.6. The minimum absolute atomic E-state index is 0.0392. The predicted octanol–water partition coefficient (Wildman–Crippen LogP) is 2.97. The molecule has 0 spiro atoms. The number of hydrogen-bond acceptors (Lipinski definition) is 4. The molecular weight excluding hydrogens is 432 g/mol. The van der Waals surface area contributed by atoms with Crippen LogP contribution in [-0.2, 0) is 32.7 Å². The molecule has 0 saturated heterocycles. The van der Waals surface area contributed by atoms with Crippen LogP contribution >= 0.6 is 15.9 Å². The van der Waals surface area contributed by atoms with Crippen molar-refractivity contribution < 1.29 is 17.9 Å². The van der Waals surface area contributed by atoms with E-state index in [1.54, 1.807) is 12.1 Å². The molecule has 0 unspecified atom stereocenters. The standard InChI is InChI=1S/C19H23BrN2O4S/c1-2-26-14-16-5-3-15(4-6-16)13-21-19(23)11-12-22-27(24,25)18-9-7-17(20)8-10-18/h3-10,22H,2,11-14H2,1H3,(H,21,23). The monoisotopic (exact) mass is 454 g/mol. The van der Waals surface area contributed by atoms with Crippen LogP contribution in [0.2, 0.25) is 0 Å². The highest BCUT2D eigenvalue weighted by molar-refractivity contribution is 9.10. The molecule has 0 saturated carbocycles. The van der Waals surface area contributed by atoms with Crippen LogP contribution in [0, 0.1) is 0 Å². The second-order valence-corrected chi connectivity index (χ2v) is 8.51. The van der Waals surface area contributed by atoms with Crippen molar-refractivity contribution in [3.05, 3.63) is 64.1 Å². The lowest BCUT2D eigenvalue weighted by atomic mass is 10.1. The molecule has 0 radical (unpaired) electrons. The van der Waals surface area contributed by atoms with Gasteiger partial charge in [-0.1, -0.05) is 40.2 Å². The van der Waals surface area contributed by atoms with Crippen molar-refractivity contribution in [1.82, 2.24) is 10.0 Å². The van der Waals surface area contributed by atoms with Gasteiger partial charge in [0.05, 0.1) is 11.5 Å². The number of ether oxygens (including phenoxy) is 1. The van der Waals surface area contributed by atoms with Crippen molar-refractivity contribution >= 4 is 31.9 Å². The van der Waals surface area contributed by atoms with Gasteiger partial charge in [-0.25, -0.2) is 13.1 Å². The SMILES string of the molecule is CCOCc1ccc(CNC(=O)CCNS(=O)(=O)c2ccc(Br)cc2)cc1. The lowest BCUT2D eigenvalue weighted by Gasteiger charge is -2.08. The highest BCUT2D eigenvalue weighted by Crippen LogP contribution is 2.14. The zero-order valence-corrected chi connectivity index (χ0v) is 17.5. The fourth-order valence-corrected chi connectivity index (χ4v) is 3.55. The number of rotatable bonds is 10. The number of nitrogens with one attached hydrogen (secondary N) is 2. The Morgan fingerprint density at radius 2 is 1.67 bits per heavy atom. The van der Waals surface area contributed by atoms with Gasteiger partial charge in [-0.05, 0) is 42.3 Å². The van der Waals surface area contributed by atoms with E-state index in [4.69, 9.17) is 4.74 Å². The Labute approximate surface area is 168 Å². The first-order valence-electron chi connectivity index (χ1n) is 8.58. The largest absolute Gasteiger partial charge is 0.377 e. The van der Waals surface area contributed by atoms with Crippen LogP contribution < -0.4 is 10.0 Å². The maximum atomic E-state index is 12.1. The van der Waals surface area contributed by atoms with E-state index in [1.165, 1.54) is 12.1 Å². The van der Waals surface area contributed by atoms with E-state index in [0.29, 0.717) is 19.8 Å². The number of hydrogen-bond donors (Lipinski definition) is 2. The summed E-state index contributed by atoms with van der Waals surface area (Å²) in [7, 11) is -3.62. The van der Waals surface area contributed by atoms with Gasteiger partial charge in [0.25, 0.3) is 0 Å². The van der Waals surface area contributed by atoms with Crippen LogP contribution in [0.1, 0.15) is 24.5 Å². The lowest BCUT2D eigenvalue weighted by Crippen LogP contribution is -2.30. The van der Waals surface area contributed by atoms with E-state index >= 15 is 0 Å². The van der Waals surface area contributed by atoms with Gasteiger partial charge in [-0.15, -0.1) is 0 Å². The predicted molar refractivity (Wildman–Crippen MR) is 108 cm³/mol. The van der Waals surface area contributed by atoms with Crippen molar-refractivity contribution in [1.29, 1.82) is 0 Å². The third-order valence-electron chi connectivity index (χ3n) is 3.75. The summed E-state index contributed by atoms with van der Waals surface area (Å²) in [5, 5.41) is 2.78. The Hall–Kier alpha value is -1.74. The van der Waals surface area contributed by atoms with Crippen molar-refractivity contribution in [3.8, 4) is 0 Å². The fraction of sp³-hybridized carbons (Fsp3) is 0.316. The zero-order valence-electron chi connectivity index (χ0n) is 15.1. The molecule has 146 valence electrons. The molecule has 0 aliphatic heterocycles. The number of halogens is 1. The first-order valence-corrected chi connectivity index (χ1v) is 10.9. The normalized spacial score (nSPS) is 11.3. The number of carbonyl (C=O) groups excluding carboxylic acids is 1. The van der Waals surface area contributed by atoms with E-state index < -0.39 is 10.0 Å². The minimum atomic E-state index is -3.62. The first-order chi connectivity index (χ1) is 12.9. The van der Waals surface area contributed by atoms with Crippen LogP contribution in [0.4, 0.5) is 0 Å². The van der Waals surface area contributed by atoms with E-state index in [9.17, 15) is 13.2 Å². The van der Waals surface area contributed by atoms with E-state index in [2.05, 4.69) is 26.0 Å². The molecule has 2 aromatic carbocycles. The van der Waals surface area contributed by atoms with Crippen LogP contribution in [0.15, 0.2) is 57.9 Å². The molecule has 0 aliphatic rings. The summed E-state index contributed by atoms with van der Waals surface area (Å²) in [5.41, 5.74) is 2.05. The highest BCUT2D eigenvalue weighted by Gasteiger charge is 2.13. The number of benzene rings is 2. The Balaban J connectivity index is 1.73. The summed E-state index contributed by atoms with van der Waals surface area (Å²) < 4.78 is 32.9. The molecule has 2 rings (SSSR count). The molecule has 27 heavy (non-hydrogen) atoms. The summed E-state index contributed by atoms with van der Waals surface area (Å²) in [6.45, 7) is 3.62. The summed E-state index contributed by atoms with van der Waals surface area (Å²) >= 11 is 3.26. The average molecular weight is 455 g/mol. The number of amides is 1. The molecule has 0 fully saturated rings. The van der Waals surface area contributed by atoms with E-state index in [0.717, 1.165) is 15.6 Å². The fourth-order valence-electron chi connectivity index (χ4n) is 2.26. The van der Waals surface area contributed by atoms with Crippen LogP contribution in [0.3, 0.4) is 0 Å². The second-order valence-electron chi connectivity index (χ2n) is 5.83. The molecule has 2 N–H and O–H groups in total. The molecule has 6 nitrogen and oxygen atoms in total. The third kappa shape index (κ3) is 7.42. The number of sulfonamides is 1. The maximum absolute atomic E-state index is 12.1. The van der Waals surface area contributed by atoms with Gasteiger partial charge in [-0.3, -0.25) is 4.79 Å². The molecule has 0 aromatic heterocycles. The summed E-state index contributed by atoms with van der Waals surface area (Å²) in [4.78, 5) is 12.1. The van der Waals surface area contributed by atoms with Gasteiger partial charge < -0.3 is 10.1 Å². The summed E-state index contributed by atoms with van der Waals surface area (Å²) in [6, 6.07) is 14.1. The maximum Gasteiger partial charge on any atom is 0.240 e. The molecule has 1 amide bonds. The van der Waals surface area contributed by atoms with E-state index in [1.807, 2.05) is 31.2 Å². The molecule has 0 aliphatic carbocycles. The van der Waals surface area contributed by atoms with Crippen LogP contribution in [0.5, 0.6) is 0 Å². The van der Waals surface area contributed by atoms with E-state index in [-0.39, 0.29) is 23.8 Å². The Morgan fingerprint density at radius 1 is 1.04 bits per heavy atom. The topological polar surface area (TPSA) is 84.5 Å². The van der Waals surface area contributed by atoms with Crippen molar-refractivity contribution in [2.45, 2.75) is 31.4 Å². The molecule has 0 bridgehead atoms. The minimum Gasteiger partial charge on any atom is -0.377 e. The van der Waals surface area contributed by atoms with Gasteiger partial charge >= 0.3 is 0 Å². The van der Waals surface area contributed by atoms with Gasteiger partial charge in [-0.2, -0.15) is 0 Å². The lowest BCUT2D eigenvalue weighted by molar-refractivity contribution is -0.121. The summed E-state index contributed by atoms with van der Waals surface area (Å²) in [6.07, 6.45) is 0.0676. The Morgan fingerprint density at radius 3 is 2.30 bits per heavy atom. The van der Waals surface area contributed by atoms with Gasteiger partial charge in [0.15, 0.2) is 0 Å². The molecule has 0 atom stereocenters. The molecule has 8 heteroatoms. The smallest absolute Gasteiger partial charge is 0.240 e. The van der Waals surface area contributed by atoms with Crippen molar-refractivity contribution in [2.24, 2.45) is 0 Å². The molecule has 0 heterocycles. The van der Waals surface area contributed by atoms with Crippen molar-refractivity contribution in [3.63, 3.8) is 0 Å². The van der Waals surface area contributed by atoms with Crippen molar-refractivity contribution in [2.75, 3.05) is 13.2 Å². The highest BCUT2D eigenvalue weighted by atomic mass is 79.9. The summed E-state index contributed by atoms with van der Waals surface area (Å²) in [5.74, 6) is -0.216. The van der Waals surface area contributed by atoms with Crippen LogP contribution in [-0.4, -0.2) is 27.5 Å². The Bertz CT molecular complexity index is 837. The van der Waals surface area contributed by atoms with Gasteiger partial charge in [0.2, 0.25) is 15.9 Å². The zero-order chi connectivity index (χ0) is 19.7. The van der Waals surface area contributed by atoms with Crippen LogP contribution in [0.25, 0.3) is 0 Å². The second kappa shape index (κ2) is 10.6. The van der Waals surface area contributed by atoms with Gasteiger partial charge in [0.1, 0.15) is 0 Å². The third-order valence-corrected chi connectivity index (χ3v) is 5.76.